The number of esters is 1. The molecule has 22 heavy (non-hydrogen) atoms. The largest absolute Gasteiger partial charge is 0.456 e. The molecule has 0 saturated heterocycles. The smallest absolute Gasteiger partial charge is 0.338 e. The Morgan fingerprint density at radius 3 is 2.64 bits per heavy atom. The molecule has 1 aliphatic carbocycles. The van der Waals surface area contributed by atoms with Crippen molar-refractivity contribution in [2.45, 2.75) is 26.4 Å². The molecule has 0 spiro atoms. The Morgan fingerprint density at radius 1 is 1.32 bits per heavy atom. The molecule has 1 fully saturated rings. The van der Waals surface area contributed by atoms with Gasteiger partial charge in [0.05, 0.1) is 21.6 Å². The van der Waals surface area contributed by atoms with Crippen LogP contribution in [0.25, 0.3) is 0 Å². The molecule has 0 unspecified atom stereocenters. The first kappa shape index (κ1) is 14.7. The third-order valence-electron chi connectivity index (χ3n) is 3.52. The Balaban J connectivity index is 1.56. The summed E-state index contributed by atoms with van der Waals surface area (Å²) in [6.07, 6.45) is 1.93. The molecule has 0 atom stereocenters. The third kappa shape index (κ3) is 3.51. The fourth-order valence-electron chi connectivity index (χ4n) is 1.96. The molecular formula is C16H16N2O3S. The summed E-state index contributed by atoms with van der Waals surface area (Å²) < 4.78 is 5.27. The second-order valence-electron chi connectivity index (χ2n) is 5.28. The molecule has 1 saturated carbocycles. The highest BCUT2D eigenvalue weighted by atomic mass is 32.1. The van der Waals surface area contributed by atoms with Gasteiger partial charge in [-0.3, -0.25) is 4.79 Å². The molecular weight excluding hydrogens is 300 g/mol. The SMILES string of the molecule is Cc1ncsc1COC(=O)c1ccc(NC(=O)C2CC2)cc1. The summed E-state index contributed by atoms with van der Waals surface area (Å²) in [6.45, 7) is 2.12. The number of benzene rings is 1. The van der Waals surface area contributed by atoms with Gasteiger partial charge in [0.2, 0.25) is 5.91 Å². The Morgan fingerprint density at radius 2 is 2.05 bits per heavy atom. The lowest BCUT2D eigenvalue weighted by molar-refractivity contribution is -0.117. The van der Waals surface area contributed by atoms with Crippen LogP contribution in [-0.2, 0) is 16.1 Å². The summed E-state index contributed by atoms with van der Waals surface area (Å²) in [4.78, 5) is 28.7. The number of thiazole rings is 1. The van der Waals surface area contributed by atoms with Crippen LogP contribution in [0, 0.1) is 12.8 Å². The van der Waals surface area contributed by atoms with Crippen LogP contribution in [-0.4, -0.2) is 16.9 Å². The maximum Gasteiger partial charge on any atom is 0.338 e. The molecule has 0 aliphatic heterocycles. The zero-order valence-electron chi connectivity index (χ0n) is 12.2. The van der Waals surface area contributed by atoms with Crippen molar-refractivity contribution in [3.63, 3.8) is 0 Å². The van der Waals surface area contributed by atoms with Crippen LogP contribution in [0.2, 0.25) is 0 Å². The van der Waals surface area contributed by atoms with E-state index in [1.54, 1.807) is 29.8 Å². The number of hydrogen-bond donors (Lipinski definition) is 1. The molecule has 1 N–H and O–H groups in total. The van der Waals surface area contributed by atoms with Crippen molar-refractivity contribution in [1.82, 2.24) is 4.98 Å². The van der Waals surface area contributed by atoms with Gasteiger partial charge in [0.25, 0.3) is 0 Å². The molecule has 1 aromatic heterocycles. The fourth-order valence-corrected chi connectivity index (χ4v) is 2.65. The first-order chi connectivity index (χ1) is 10.6. The van der Waals surface area contributed by atoms with Gasteiger partial charge in [0.15, 0.2) is 0 Å². The lowest BCUT2D eigenvalue weighted by atomic mass is 10.2. The van der Waals surface area contributed by atoms with Gasteiger partial charge < -0.3 is 10.1 Å². The van der Waals surface area contributed by atoms with Crippen LogP contribution in [0.3, 0.4) is 0 Å². The summed E-state index contributed by atoms with van der Waals surface area (Å²) in [5.41, 5.74) is 3.78. The molecule has 0 bridgehead atoms. The average molecular weight is 316 g/mol. The number of carbonyl (C=O) groups excluding carboxylic acids is 2. The van der Waals surface area contributed by atoms with E-state index in [2.05, 4.69) is 10.3 Å². The van der Waals surface area contributed by atoms with E-state index < -0.39 is 0 Å². The van der Waals surface area contributed by atoms with E-state index in [4.69, 9.17) is 4.74 Å². The van der Waals surface area contributed by atoms with Crippen LogP contribution >= 0.6 is 11.3 Å². The van der Waals surface area contributed by atoms with Gasteiger partial charge in [-0.25, -0.2) is 9.78 Å². The van der Waals surface area contributed by atoms with E-state index in [1.165, 1.54) is 11.3 Å². The summed E-state index contributed by atoms with van der Waals surface area (Å²) in [7, 11) is 0. The van der Waals surface area contributed by atoms with Crippen LogP contribution in [0.4, 0.5) is 5.69 Å². The number of anilines is 1. The fraction of sp³-hybridized carbons (Fsp3) is 0.312. The van der Waals surface area contributed by atoms with E-state index in [0.717, 1.165) is 23.4 Å². The molecule has 1 amide bonds. The molecule has 114 valence electrons. The van der Waals surface area contributed by atoms with Crippen LogP contribution in [0.5, 0.6) is 0 Å². The number of nitrogens with one attached hydrogen (secondary N) is 1. The van der Waals surface area contributed by atoms with Crippen molar-refractivity contribution in [2.75, 3.05) is 5.32 Å². The molecule has 3 rings (SSSR count). The lowest BCUT2D eigenvalue weighted by Crippen LogP contribution is -2.13. The molecule has 6 heteroatoms. The van der Waals surface area contributed by atoms with Crippen molar-refractivity contribution >= 4 is 28.9 Å². The highest BCUT2D eigenvalue weighted by Gasteiger charge is 2.29. The van der Waals surface area contributed by atoms with Crippen molar-refractivity contribution in [1.29, 1.82) is 0 Å². The van der Waals surface area contributed by atoms with E-state index >= 15 is 0 Å². The zero-order chi connectivity index (χ0) is 15.5. The second-order valence-corrected chi connectivity index (χ2v) is 6.22. The van der Waals surface area contributed by atoms with Crippen LogP contribution in [0.1, 0.15) is 33.8 Å². The van der Waals surface area contributed by atoms with Crippen molar-refractivity contribution in [3.8, 4) is 0 Å². The highest BCUT2D eigenvalue weighted by Crippen LogP contribution is 2.30. The topological polar surface area (TPSA) is 68.3 Å². The Bertz CT molecular complexity index is 690. The minimum atomic E-state index is -0.382. The maximum absolute atomic E-state index is 12.0. The predicted octanol–water partition coefficient (Wildman–Crippen LogP) is 3.16. The van der Waals surface area contributed by atoms with Crippen LogP contribution in [0.15, 0.2) is 29.8 Å². The summed E-state index contributed by atoms with van der Waals surface area (Å²) >= 11 is 1.47. The van der Waals surface area contributed by atoms with Gasteiger partial charge in [-0.05, 0) is 44.0 Å². The van der Waals surface area contributed by atoms with Crippen LogP contribution < -0.4 is 5.32 Å². The van der Waals surface area contributed by atoms with Gasteiger partial charge in [-0.1, -0.05) is 0 Å². The first-order valence-corrected chi connectivity index (χ1v) is 7.98. The third-order valence-corrected chi connectivity index (χ3v) is 4.42. The molecule has 1 aromatic carbocycles. The van der Waals surface area contributed by atoms with E-state index in [1.807, 2.05) is 6.92 Å². The van der Waals surface area contributed by atoms with Gasteiger partial charge >= 0.3 is 5.97 Å². The molecule has 1 heterocycles. The molecule has 1 aliphatic rings. The number of hydrogen-bond acceptors (Lipinski definition) is 5. The van der Waals surface area contributed by atoms with Gasteiger partial charge in [-0.2, -0.15) is 0 Å². The second kappa shape index (κ2) is 6.27. The minimum absolute atomic E-state index is 0.0518. The summed E-state index contributed by atoms with van der Waals surface area (Å²) in [5, 5.41) is 2.83. The van der Waals surface area contributed by atoms with E-state index in [0.29, 0.717) is 11.3 Å². The maximum atomic E-state index is 12.0. The normalized spacial score (nSPS) is 13.7. The molecule has 2 aromatic rings. The number of rotatable bonds is 5. The van der Waals surface area contributed by atoms with E-state index in [9.17, 15) is 9.59 Å². The van der Waals surface area contributed by atoms with Crippen molar-refractivity contribution in [3.05, 3.63) is 45.9 Å². The molecule has 5 nitrogen and oxygen atoms in total. The van der Waals surface area contributed by atoms with Crippen molar-refractivity contribution < 1.29 is 14.3 Å². The lowest BCUT2D eigenvalue weighted by Gasteiger charge is -2.06. The quantitative estimate of drug-likeness (QED) is 0.860. The molecule has 0 radical (unpaired) electrons. The average Bonchev–Trinajstić information content (AvgIpc) is 3.29. The number of ether oxygens (including phenoxy) is 1. The standard InChI is InChI=1S/C16H16N2O3S/c1-10-14(22-9-17-10)8-21-16(20)12-4-6-13(7-5-12)18-15(19)11-2-3-11/h4-7,9,11H,2-3,8H2,1H3,(H,18,19). The minimum Gasteiger partial charge on any atom is -0.456 e. The Hall–Kier alpha value is -2.21. The van der Waals surface area contributed by atoms with Gasteiger partial charge in [0.1, 0.15) is 6.61 Å². The monoisotopic (exact) mass is 316 g/mol. The van der Waals surface area contributed by atoms with E-state index in [-0.39, 0.29) is 24.4 Å². The first-order valence-electron chi connectivity index (χ1n) is 7.10. The number of carbonyl (C=O) groups is 2. The Labute approximate surface area is 132 Å². The van der Waals surface area contributed by atoms with Gasteiger partial charge in [-0.15, -0.1) is 11.3 Å². The Kier molecular flexibility index (Phi) is 4.20. The number of amides is 1. The van der Waals surface area contributed by atoms with Gasteiger partial charge in [0, 0.05) is 11.6 Å². The number of aryl methyl sites for hydroxylation is 1. The zero-order valence-corrected chi connectivity index (χ0v) is 13.0. The number of aromatic nitrogens is 1. The summed E-state index contributed by atoms with van der Waals surface area (Å²) in [5.74, 6) is -0.170. The van der Waals surface area contributed by atoms with Crippen molar-refractivity contribution in [2.24, 2.45) is 5.92 Å². The summed E-state index contributed by atoms with van der Waals surface area (Å²) in [6, 6.07) is 6.75. The predicted molar refractivity (Wildman–Crippen MR) is 83.8 cm³/mol. The number of nitrogens with zero attached hydrogens (tertiary/aromatic N) is 1. The highest BCUT2D eigenvalue weighted by molar-refractivity contribution is 7.09.